The minimum Gasteiger partial charge on any atom is -0.542 e. The van der Waals surface area contributed by atoms with E-state index >= 15 is 0 Å². The maximum atomic E-state index is 13.5. The van der Waals surface area contributed by atoms with Crippen LogP contribution in [0.1, 0.15) is 40.2 Å². The van der Waals surface area contributed by atoms with Gasteiger partial charge >= 0.3 is 18.1 Å². The van der Waals surface area contributed by atoms with Crippen molar-refractivity contribution in [2.45, 2.75) is 31.0 Å². The molecule has 0 N–H and O–H groups in total. The first-order valence-corrected chi connectivity index (χ1v) is 13.9. The lowest BCUT2D eigenvalue weighted by Crippen LogP contribution is -2.44. The van der Waals surface area contributed by atoms with Gasteiger partial charge < -0.3 is 33.3 Å². The molecule has 2 heterocycles. The van der Waals surface area contributed by atoms with Gasteiger partial charge in [-0.15, -0.1) is 0 Å². The molecule has 2 unspecified atom stereocenters. The van der Waals surface area contributed by atoms with Crippen molar-refractivity contribution >= 4 is 17.9 Å². The van der Waals surface area contributed by atoms with Crippen molar-refractivity contribution in [3.63, 3.8) is 0 Å². The summed E-state index contributed by atoms with van der Waals surface area (Å²) in [5, 5.41) is 8.78. The molecule has 0 radical (unpaired) electrons. The molecule has 0 amide bonds. The number of para-hydroxylation sites is 2. The van der Waals surface area contributed by atoms with Gasteiger partial charge in [-0.2, -0.15) is 13.2 Å². The number of quaternary nitrogens is 1. The smallest absolute Gasteiger partial charge is 0.430 e. The van der Waals surface area contributed by atoms with Gasteiger partial charge in [0.2, 0.25) is 0 Å². The van der Waals surface area contributed by atoms with E-state index in [1.54, 1.807) is 24.3 Å². The molecule has 5 rings (SSSR count). The van der Waals surface area contributed by atoms with E-state index in [-0.39, 0.29) is 18.0 Å². The summed E-state index contributed by atoms with van der Waals surface area (Å²) in [6.45, 7) is 3.24. The fourth-order valence-corrected chi connectivity index (χ4v) is 5.27. The lowest BCUT2D eigenvalue weighted by molar-refractivity contribution is -0.899. The number of aliphatic carboxylic acids is 1. The fourth-order valence-electron chi connectivity index (χ4n) is 5.27. The first-order valence-electron chi connectivity index (χ1n) is 13.9. The van der Waals surface area contributed by atoms with Gasteiger partial charge in [0.1, 0.15) is 35.7 Å². The third-order valence-electron chi connectivity index (χ3n) is 7.45. The van der Waals surface area contributed by atoms with Gasteiger partial charge in [-0.3, -0.25) is 4.79 Å². The van der Waals surface area contributed by atoms with Crippen molar-refractivity contribution < 1.29 is 56.1 Å². The number of nitrogens with zero attached hydrogens (tertiary/aromatic N) is 1. The number of carbonyl (C=O) groups excluding carboxylic acids is 3. The average Bonchev–Trinajstić information content (AvgIpc) is 3.37. The number of esters is 2. The van der Waals surface area contributed by atoms with E-state index in [1.165, 1.54) is 7.11 Å². The Kier molecular flexibility index (Phi) is 10.1. The number of rotatable bonds is 8. The fraction of sp³-hybridized carbons (Fsp3) is 0.344. The molecular formula is C32H32F3NO8. The predicted molar refractivity (Wildman–Crippen MR) is 149 cm³/mol. The number of alkyl halides is 3. The topological polar surface area (TPSA) is 111 Å². The second-order valence-corrected chi connectivity index (χ2v) is 10.7. The van der Waals surface area contributed by atoms with Gasteiger partial charge in [-0.05, 0) is 36.4 Å². The molecule has 0 bridgehead atoms. The number of hydrogen-bond acceptors (Lipinski definition) is 8. The maximum absolute atomic E-state index is 13.5. The Bertz CT molecular complexity index is 1430. The molecule has 0 spiro atoms. The van der Waals surface area contributed by atoms with Crippen LogP contribution in [0.2, 0.25) is 0 Å². The highest BCUT2D eigenvalue weighted by Crippen LogP contribution is 2.44. The van der Waals surface area contributed by atoms with E-state index in [0.717, 1.165) is 53.8 Å². The van der Waals surface area contributed by atoms with E-state index < -0.39 is 18.1 Å². The molecule has 3 aromatic rings. The highest BCUT2D eigenvalue weighted by atomic mass is 19.4. The van der Waals surface area contributed by atoms with Crippen LogP contribution in [-0.2, 0) is 19.1 Å². The summed E-state index contributed by atoms with van der Waals surface area (Å²) in [6.07, 6.45) is -3.60. The lowest BCUT2D eigenvalue weighted by atomic mass is 9.88. The molecule has 0 aromatic heterocycles. The number of likely N-dealkylation sites (N-methyl/N-ethyl adjacent to an activating group) is 1. The third kappa shape index (κ3) is 8.07. The Morgan fingerprint density at radius 1 is 0.955 bits per heavy atom. The zero-order chi connectivity index (χ0) is 31.9. The normalized spacial score (nSPS) is 18.9. The van der Waals surface area contributed by atoms with Gasteiger partial charge in [-0.25, -0.2) is 4.79 Å². The molecule has 0 aliphatic carbocycles. The average molecular weight is 616 g/mol. The van der Waals surface area contributed by atoms with E-state index in [4.69, 9.17) is 28.8 Å². The van der Waals surface area contributed by atoms with Crippen LogP contribution in [0.25, 0.3) is 0 Å². The van der Waals surface area contributed by atoms with Gasteiger partial charge in [0.25, 0.3) is 0 Å². The van der Waals surface area contributed by atoms with Crippen LogP contribution in [0.4, 0.5) is 13.2 Å². The first-order chi connectivity index (χ1) is 20.9. The number of carbonyl (C=O) groups is 3. The van der Waals surface area contributed by atoms with Crippen molar-refractivity contribution in [1.82, 2.24) is 0 Å². The lowest BCUT2D eigenvalue weighted by Gasteiger charge is -2.30. The summed E-state index contributed by atoms with van der Waals surface area (Å²) in [5.41, 5.74) is 2.19. The number of hydrogen-bond donors (Lipinski definition) is 0. The number of benzene rings is 3. The summed E-state index contributed by atoms with van der Waals surface area (Å²) in [7, 11) is 3.57. The van der Waals surface area contributed by atoms with Crippen molar-refractivity contribution in [3.05, 3.63) is 89.5 Å². The molecule has 1 fully saturated rings. The zero-order valence-electron chi connectivity index (χ0n) is 24.2. The number of halogens is 3. The third-order valence-corrected chi connectivity index (χ3v) is 7.45. The molecule has 2 aliphatic rings. The van der Waals surface area contributed by atoms with Crippen molar-refractivity contribution in [2.24, 2.45) is 0 Å². The summed E-state index contributed by atoms with van der Waals surface area (Å²) in [6, 6.07) is 22.3. The number of likely N-dealkylation sites (tertiary alicyclic amines) is 1. The van der Waals surface area contributed by atoms with Gasteiger partial charge in [0.15, 0.2) is 6.10 Å². The molecule has 3 aromatic carbocycles. The Morgan fingerprint density at radius 2 is 1.52 bits per heavy atom. The molecule has 2 atom stereocenters. The SMILES string of the molecule is COC(=O)c1ccc(OCCC[N+]2(C)CCC(OC(=O)C3c4ccccc4Oc4ccccc43)C2)cc1.O=C([O-])C(F)(F)F. The Hall–Kier alpha value is -4.58. The summed E-state index contributed by atoms with van der Waals surface area (Å²) < 4.78 is 55.1. The molecular weight excluding hydrogens is 583 g/mol. The number of carboxylic acid groups (broad SMARTS) is 1. The van der Waals surface area contributed by atoms with Gasteiger partial charge in [-0.1, -0.05) is 36.4 Å². The minimum atomic E-state index is -5.19. The van der Waals surface area contributed by atoms with E-state index in [9.17, 15) is 22.8 Å². The van der Waals surface area contributed by atoms with Crippen molar-refractivity contribution in [1.29, 1.82) is 0 Å². The zero-order valence-corrected chi connectivity index (χ0v) is 24.2. The van der Waals surface area contributed by atoms with Crippen LogP contribution >= 0.6 is 0 Å². The van der Waals surface area contributed by atoms with Crippen LogP contribution in [0.3, 0.4) is 0 Å². The second kappa shape index (κ2) is 13.8. The minimum absolute atomic E-state index is 0.119. The standard InChI is InChI=1S/C30H32NO6.C2HF3O2/c1-31(17-7-19-35-22-14-12-21(13-15-22)29(32)34-2)18-16-23(20-31)36-30(33)28-24-8-3-5-10-26(24)37-27-11-6-4-9-25(27)28;3-2(4,5)1(6)7/h3-6,8-15,23,28H,7,16-20H2,1-2H3;(H,6,7)/q+1;/p-1. The Labute approximate surface area is 252 Å². The summed E-state index contributed by atoms with van der Waals surface area (Å²) in [4.78, 5) is 33.8. The Morgan fingerprint density at radius 3 is 2.07 bits per heavy atom. The van der Waals surface area contributed by atoms with Gasteiger partial charge in [0, 0.05) is 24.0 Å². The molecule has 234 valence electrons. The van der Waals surface area contributed by atoms with Crippen LogP contribution in [-0.4, -0.2) is 75.1 Å². The highest BCUT2D eigenvalue weighted by molar-refractivity contribution is 5.89. The monoisotopic (exact) mass is 615 g/mol. The molecule has 44 heavy (non-hydrogen) atoms. The molecule has 12 heteroatoms. The molecule has 0 saturated carbocycles. The van der Waals surface area contributed by atoms with Crippen LogP contribution in [0, 0.1) is 0 Å². The molecule has 1 saturated heterocycles. The van der Waals surface area contributed by atoms with E-state index in [1.807, 2.05) is 48.5 Å². The van der Waals surface area contributed by atoms with Gasteiger partial charge in [0.05, 0.1) is 39.4 Å². The second-order valence-electron chi connectivity index (χ2n) is 10.7. The highest BCUT2D eigenvalue weighted by Gasteiger charge is 2.40. The predicted octanol–water partition coefficient (Wildman–Crippen LogP) is 4.24. The van der Waals surface area contributed by atoms with E-state index in [2.05, 4.69) is 7.05 Å². The summed E-state index contributed by atoms with van der Waals surface area (Å²) in [5.74, 6) is -1.95. The number of methoxy groups -OCH3 is 1. The number of carboxylic acids is 1. The van der Waals surface area contributed by atoms with E-state index in [0.29, 0.717) is 23.7 Å². The molecule has 9 nitrogen and oxygen atoms in total. The Balaban J connectivity index is 0.000000566. The number of fused-ring (bicyclic) bond motifs is 2. The maximum Gasteiger partial charge on any atom is 0.430 e. The quantitative estimate of drug-likeness (QED) is 0.210. The number of ether oxygens (including phenoxy) is 4. The summed E-state index contributed by atoms with van der Waals surface area (Å²) >= 11 is 0. The van der Waals surface area contributed by atoms with Crippen molar-refractivity contribution in [3.8, 4) is 17.2 Å². The molecule has 2 aliphatic heterocycles. The van der Waals surface area contributed by atoms with Crippen molar-refractivity contribution in [2.75, 3.05) is 40.4 Å². The van der Waals surface area contributed by atoms with Crippen LogP contribution < -0.4 is 14.6 Å². The van der Waals surface area contributed by atoms with Crippen LogP contribution in [0.15, 0.2) is 72.8 Å². The largest absolute Gasteiger partial charge is 0.542 e. The first kappa shape index (κ1) is 32.3. The van der Waals surface area contributed by atoms with Crippen LogP contribution in [0.5, 0.6) is 17.2 Å².